The minimum absolute atomic E-state index is 0.776. The van der Waals surface area contributed by atoms with Crippen molar-refractivity contribution >= 4 is 22.7 Å². The van der Waals surface area contributed by atoms with Crippen LogP contribution in [0.4, 0.5) is 11.4 Å². The summed E-state index contributed by atoms with van der Waals surface area (Å²) in [6, 6.07) is 14.9. The molecule has 0 unspecified atom stereocenters. The maximum absolute atomic E-state index is 5.94. The minimum atomic E-state index is 0.776. The highest BCUT2D eigenvalue weighted by molar-refractivity contribution is 6.07. The first kappa shape index (κ1) is 20.7. The topological polar surface area (TPSA) is 41.6 Å². The fourth-order valence-corrected chi connectivity index (χ4v) is 3.80. The average Bonchev–Trinajstić information content (AvgIpc) is 2.73. The number of nitrogens with two attached hydrogens (primary N) is 1. The molecule has 0 saturated heterocycles. The number of allylic oxidation sites excluding steroid dienone is 5. The number of nitrogens with zero attached hydrogens (tertiary/aromatic N) is 2. The Balaban J connectivity index is 2.12. The Morgan fingerprint density at radius 2 is 1.48 bits per heavy atom. The third-order valence-corrected chi connectivity index (χ3v) is 5.29. The van der Waals surface area contributed by atoms with E-state index in [0.717, 1.165) is 36.6 Å². The van der Waals surface area contributed by atoms with Gasteiger partial charge in [-0.05, 0) is 91.9 Å². The molecule has 2 aromatic carbocycles. The molecule has 0 aliphatic heterocycles. The smallest absolute Gasteiger partial charge is 0.0574 e. The highest BCUT2D eigenvalue weighted by atomic mass is 15.1. The van der Waals surface area contributed by atoms with E-state index >= 15 is 0 Å². The van der Waals surface area contributed by atoms with Crippen LogP contribution >= 0.6 is 0 Å². The highest BCUT2D eigenvalue weighted by Gasteiger charge is 2.14. The molecule has 1 aliphatic carbocycles. The molecule has 0 radical (unpaired) electrons. The second-order valence-corrected chi connectivity index (χ2v) is 7.19. The van der Waals surface area contributed by atoms with Crippen molar-refractivity contribution in [1.82, 2.24) is 0 Å². The molecule has 3 heteroatoms. The number of aliphatic imine (C=N–C) groups is 1. The van der Waals surface area contributed by atoms with Crippen LogP contribution in [-0.4, -0.2) is 25.3 Å². The van der Waals surface area contributed by atoms with Gasteiger partial charge in [-0.15, -0.1) is 0 Å². The van der Waals surface area contributed by atoms with Gasteiger partial charge in [-0.25, -0.2) is 0 Å². The van der Waals surface area contributed by atoms with Crippen LogP contribution in [0, 0.1) is 6.92 Å². The molecular weight excluding hydrogens is 354 g/mol. The van der Waals surface area contributed by atoms with E-state index in [-0.39, 0.29) is 0 Å². The largest absolute Gasteiger partial charge is 0.399 e. The predicted octanol–water partition coefficient (Wildman–Crippen LogP) is 5.81. The van der Waals surface area contributed by atoms with Crippen LogP contribution < -0.4 is 10.6 Å². The van der Waals surface area contributed by atoms with Crippen LogP contribution in [0.5, 0.6) is 0 Å². The van der Waals surface area contributed by atoms with Crippen LogP contribution in [0.25, 0.3) is 5.57 Å². The Bertz CT molecular complexity index is 954. The first-order valence-corrected chi connectivity index (χ1v) is 10.4. The summed E-state index contributed by atoms with van der Waals surface area (Å²) in [7, 11) is 0. The second-order valence-electron chi connectivity index (χ2n) is 7.19. The van der Waals surface area contributed by atoms with Crippen molar-refractivity contribution in [2.24, 2.45) is 4.99 Å². The minimum Gasteiger partial charge on any atom is -0.399 e. The molecule has 0 heterocycles. The molecule has 0 bridgehead atoms. The van der Waals surface area contributed by atoms with Gasteiger partial charge < -0.3 is 10.6 Å². The first-order valence-electron chi connectivity index (χ1n) is 10.4. The lowest BCUT2D eigenvalue weighted by atomic mass is 9.89. The van der Waals surface area contributed by atoms with Crippen molar-refractivity contribution < 1.29 is 0 Å². The number of nitrogen functional groups attached to an aromatic ring is 1. The lowest BCUT2D eigenvalue weighted by molar-refractivity contribution is 0.861. The van der Waals surface area contributed by atoms with Gasteiger partial charge in [0.25, 0.3) is 0 Å². The van der Waals surface area contributed by atoms with Crippen LogP contribution in [0.15, 0.2) is 77.3 Å². The number of hydrogen-bond acceptors (Lipinski definition) is 3. The molecular formula is C26H31N3. The van der Waals surface area contributed by atoms with Crippen molar-refractivity contribution in [1.29, 1.82) is 0 Å². The predicted molar refractivity (Wildman–Crippen MR) is 128 cm³/mol. The summed E-state index contributed by atoms with van der Waals surface area (Å²) in [4.78, 5) is 6.89. The summed E-state index contributed by atoms with van der Waals surface area (Å²) < 4.78 is 0. The van der Waals surface area contributed by atoms with Crippen LogP contribution in [0.1, 0.15) is 37.5 Å². The van der Waals surface area contributed by atoms with E-state index in [9.17, 15) is 0 Å². The second kappa shape index (κ2) is 9.42. The number of hydrogen-bond donors (Lipinski definition) is 1. The summed E-state index contributed by atoms with van der Waals surface area (Å²) in [5.74, 6) is 0. The number of benzene rings is 2. The Labute approximate surface area is 175 Å². The maximum atomic E-state index is 5.94. The zero-order chi connectivity index (χ0) is 20.8. The summed E-state index contributed by atoms with van der Waals surface area (Å²) in [5.41, 5.74) is 15.1. The van der Waals surface area contributed by atoms with Crippen molar-refractivity contribution in [3.05, 3.63) is 89.0 Å². The number of rotatable bonds is 6. The average molecular weight is 386 g/mol. The number of aryl methyl sites for hydroxylation is 1. The summed E-state index contributed by atoms with van der Waals surface area (Å²) in [6.07, 6.45) is 8.50. The summed E-state index contributed by atoms with van der Waals surface area (Å²) >= 11 is 0. The molecule has 3 rings (SSSR count). The normalized spacial score (nSPS) is 13.0. The molecule has 0 amide bonds. The van der Waals surface area contributed by atoms with Crippen molar-refractivity contribution in [3.63, 3.8) is 0 Å². The molecule has 0 fully saturated rings. The SMILES string of the molecule is CCN=C1C=CC(=C(c2ccc(N)cc2)c2ccc(N(CC)CC)c(C)c2)C=C1. The Hall–Kier alpha value is -3.07. The molecule has 3 nitrogen and oxygen atoms in total. The van der Waals surface area contributed by atoms with Crippen LogP contribution in [0.2, 0.25) is 0 Å². The summed E-state index contributed by atoms with van der Waals surface area (Å²) in [6.45, 7) is 11.5. The molecule has 29 heavy (non-hydrogen) atoms. The Morgan fingerprint density at radius 3 is 2.03 bits per heavy atom. The lowest BCUT2D eigenvalue weighted by Crippen LogP contribution is -2.22. The van der Waals surface area contributed by atoms with Crippen molar-refractivity contribution in [2.45, 2.75) is 27.7 Å². The van der Waals surface area contributed by atoms with E-state index in [1.165, 1.54) is 28.0 Å². The number of anilines is 2. The van der Waals surface area contributed by atoms with Gasteiger partial charge in [-0.1, -0.05) is 30.4 Å². The van der Waals surface area contributed by atoms with Gasteiger partial charge in [0.05, 0.1) is 5.71 Å². The van der Waals surface area contributed by atoms with Crippen molar-refractivity contribution in [3.8, 4) is 0 Å². The monoisotopic (exact) mass is 385 g/mol. The summed E-state index contributed by atoms with van der Waals surface area (Å²) in [5, 5.41) is 0. The van der Waals surface area contributed by atoms with E-state index < -0.39 is 0 Å². The molecule has 150 valence electrons. The third kappa shape index (κ3) is 4.68. The maximum Gasteiger partial charge on any atom is 0.0574 e. The van der Waals surface area contributed by atoms with Crippen LogP contribution in [-0.2, 0) is 0 Å². The molecule has 0 aromatic heterocycles. The van der Waals surface area contributed by atoms with E-state index in [2.05, 4.69) is 92.2 Å². The van der Waals surface area contributed by atoms with Gasteiger partial charge in [0.1, 0.15) is 0 Å². The molecule has 2 N–H and O–H groups in total. The molecule has 0 spiro atoms. The standard InChI is InChI=1S/C26H31N3/c1-5-28-24-15-10-21(11-16-24)26(20-8-13-23(27)14-9-20)22-12-17-25(19(4)18-22)29(6-2)7-3/h8-18H,5-7,27H2,1-4H3. The zero-order valence-electron chi connectivity index (χ0n) is 17.9. The van der Waals surface area contributed by atoms with Gasteiger partial charge in [0, 0.05) is 31.0 Å². The Kier molecular flexibility index (Phi) is 6.71. The third-order valence-electron chi connectivity index (χ3n) is 5.29. The molecule has 1 aliphatic rings. The molecule has 0 atom stereocenters. The fraction of sp³-hybridized carbons (Fsp3) is 0.269. The van der Waals surface area contributed by atoms with Crippen molar-refractivity contribution in [2.75, 3.05) is 30.3 Å². The van der Waals surface area contributed by atoms with E-state index in [1.807, 2.05) is 12.1 Å². The molecule has 2 aromatic rings. The van der Waals surface area contributed by atoms with E-state index in [1.54, 1.807) is 0 Å². The zero-order valence-corrected chi connectivity index (χ0v) is 17.9. The van der Waals surface area contributed by atoms with E-state index in [0.29, 0.717) is 0 Å². The van der Waals surface area contributed by atoms with Gasteiger partial charge in [-0.2, -0.15) is 0 Å². The van der Waals surface area contributed by atoms with E-state index in [4.69, 9.17) is 5.73 Å². The fourth-order valence-electron chi connectivity index (χ4n) is 3.80. The van der Waals surface area contributed by atoms with Gasteiger partial charge in [0.15, 0.2) is 0 Å². The van der Waals surface area contributed by atoms with Crippen LogP contribution in [0.3, 0.4) is 0 Å². The molecule has 0 saturated carbocycles. The van der Waals surface area contributed by atoms with Gasteiger partial charge in [-0.3, -0.25) is 4.99 Å². The Morgan fingerprint density at radius 1 is 0.862 bits per heavy atom. The quantitative estimate of drug-likeness (QED) is 0.637. The highest BCUT2D eigenvalue weighted by Crippen LogP contribution is 2.33. The van der Waals surface area contributed by atoms with Gasteiger partial charge >= 0.3 is 0 Å². The first-order chi connectivity index (χ1) is 14.1. The van der Waals surface area contributed by atoms with Gasteiger partial charge in [0.2, 0.25) is 0 Å². The lowest BCUT2D eigenvalue weighted by Gasteiger charge is -2.24.